The van der Waals surface area contributed by atoms with Crippen LogP contribution in [0.3, 0.4) is 0 Å². The highest BCUT2D eigenvalue weighted by molar-refractivity contribution is 9.10. The molecule has 1 aromatic heterocycles. The standard InChI is InChI=1S/C21H21BrClF5N4O6S/c22-12-2-3-15(37-21(26,27)28)16(8-12)39(34,35)31-6-4-14(18(24)38-31)32-19(33)17(23)13(9-30-32)29-10-20(25)5-1-7-36-11-20/h2-3,8-9,14,18,29H,1,4-7,10-11H2/t14-,18-,20-/m1/s1. The molecule has 10 nitrogen and oxygen atoms in total. The van der Waals surface area contributed by atoms with Crippen molar-refractivity contribution >= 4 is 43.2 Å². The smallest absolute Gasteiger partial charge is 0.404 e. The van der Waals surface area contributed by atoms with Crippen LogP contribution in [-0.4, -0.2) is 67.4 Å². The van der Waals surface area contributed by atoms with Crippen LogP contribution in [0.25, 0.3) is 0 Å². The zero-order chi connectivity index (χ0) is 28.6. The summed E-state index contributed by atoms with van der Waals surface area (Å²) in [6, 6.07) is 1.32. The molecule has 1 N–H and O–H groups in total. The minimum absolute atomic E-state index is 0.00343. The van der Waals surface area contributed by atoms with Gasteiger partial charge in [-0.25, -0.2) is 26.7 Å². The summed E-state index contributed by atoms with van der Waals surface area (Å²) in [6.07, 6.45) is -6.15. The van der Waals surface area contributed by atoms with Crippen LogP contribution in [0.15, 0.2) is 38.6 Å². The Morgan fingerprint density at radius 2 is 2.08 bits per heavy atom. The molecule has 3 heterocycles. The highest BCUT2D eigenvalue weighted by atomic mass is 79.9. The van der Waals surface area contributed by atoms with Gasteiger partial charge in [-0.05, 0) is 37.5 Å². The first-order valence-electron chi connectivity index (χ1n) is 11.4. The van der Waals surface area contributed by atoms with Gasteiger partial charge in [0.05, 0.1) is 25.0 Å². The second-order valence-electron chi connectivity index (χ2n) is 8.77. The average molecular weight is 668 g/mol. The molecule has 216 valence electrons. The molecule has 18 heteroatoms. The molecule has 2 aliphatic heterocycles. The Morgan fingerprint density at radius 1 is 1.33 bits per heavy atom. The molecule has 1 aromatic carbocycles. The van der Waals surface area contributed by atoms with Gasteiger partial charge >= 0.3 is 6.36 Å². The van der Waals surface area contributed by atoms with Gasteiger partial charge in [-0.15, -0.1) is 13.2 Å². The highest BCUT2D eigenvalue weighted by Gasteiger charge is 2.42. The van der Waals surface area contributed by atoms with Crippen LogP contribution in [0.4, 0.5) is 27.6 Å². The highest BCUT2D eigenvalue weighted by Crippen LogP contribution is 2.36. The maximum atomic E-state index is 15.1. The second-order valence-corrected chi connectivity index (χ2v) is 11.9. The van der Waals surface area contributed by atoms with E-state index in [2.05, 4.69) is 31.1 Å². The first-order chi connectivity index (χ1) is 18.2. The number of hydrogen-bond donors (Lipinski definition) is 1. The molecular formula is C21H21BrClF5N4O6S. The van der Waals surface area contributed by atoms with Crippen molar-refractivity contribution < 1.29 is 44.7 Å². The minimum atomic E-state index is -5.20. The van der Waals surface area contributed by atoms with E-state index in [1.165, 1.54) is 0 Å². The summed E-state index contributed by atoms with van der Waals surface area (Å²) in [4.78, 5) is 16.7. The fourth-order valence-electron chi connectivity index (χ4n) is 4.03. The number of alkyl halides is 5. The molecule has 39 heavy (non-hydrogen) atoms. The molecule has 0 saturated carbocycles. The molecule has 0 amide bonds. The molecule has 0 spiro atoms. The number of rotatable bonds is 7. The summed E-state index contributed by atoms with van der Waals surface area (Å²) >= 11 is 9.10. The van der Waals surface area contributed by atoms with Crippen LogP contribution in [0.2, 0.25) is 5.02 Å². The van der Waals surface area contributed by atoms with Crippen LogP contribution in [-0.2, 0) is 19.6 Å². The van der Waals surface area contributed by atoms with E-state index in [1.807, 2.05) is 0 Å². The van der Waals surface area contributed by atoms with Crippen LogP contribution in [0.1, 0.15) is 25.3 Å². The van der Waals surface area contributed by atoms with E-state index in [1.54, 1.807) is 0 Å². The lowest BCUT2D eigenvalue weighted by atomic mass is 9.99. The van der Waals surface area contributed by atoms with Gasteiger partial charge in [-0.3, -0.25) is 4.79 Å². The maximum absolute atomic E-state index is 15.1. The molecule has 0 radical (unpaired) electrons. The average Bonchev–Trinajstić information content (AvgIpc) is 2.86. The van der Waals surface area contributed by atoms with E-state index in [4.69, 9.17) is 21.2 Å². The van der Waals surface area contributed by atoms with Gasteiger partial charge in [-0.1, -0.05) is 32.0 Å². The molecule has 4 rings (SSSR count). The van der Waals surface area contributed by atoms with Crippen molar-refractivity contribution in [3.8, 4) is 5.75 Å². The summed E-state index contributed by atoms with van der Waals surface area (Å²) in [7, 11) is -4.85. The molecule has 0 aliphatic carbocycles. The Kier molecular flexibility index (Phi) is 8.78. The van der Waals surface area contributed by atoms with E-state index >= 15 is 4.39 Å². The predicted molar refractivity (Wildman–Crippen MR) is 130 cm³/mol. The van der Waals surface area contributed by atoms with Crippen LogP contribution < -0.4 is 15.6 Å². The van der Waals surface area contributed by atoms with Crippen LogP contribution >= 0.6 is 27.5 Å². The third kappa shape index (κ3) is 6.82. The summed E-state index contributed by atoms with van der Waals surface area (Å²) in [5.74, 6) is -1.05. The molecule has 2 saturated heterocycles. The first-order valence-corrected chi connectivity index (χ1v) is 14.0. The predicted octanol–water partition coefficient (Wildman–Crippen LogP) is 4.35. The van der Waals surface area contributed by atoms with E-state index in [9.17, 15) is 30.8 Å². The van der Waals surface area contributed by atoms with E-state index < -0.39 is 62.2 Å². The van der Waals surface area contributed by atoms with Gasteiger partial charge in [0.1, 0.15) is 21.7 Å². The van der Waals surface area contributed by atoms with Gasteiger partial charge in [0.15, 0.2) is 5.67 Å². The third-order valence-corrected chi connectivity index (χ3v) is 8.47. The molecule has 0 unspecified atom stereocenters. The lowest BCUT2D eigenvalue weighted by Gasteiger charge is -2.33. The Labute approximate surface area is 232 Å². The first kappa shape index (κ1) is 29.9. The maximum Gasteiger partial charge on any atom is 0.573 e. The lowest BCUT2D eigenvalue weighted by Crippen LogP contribution is -2.46. The van der Waals surface area contributed by atoms with Crippen molar-refractivity contribution in [2.24, 2.45) is 0 Å². The van der Waals surface area contributed by atoms with Gasteiger partial charge in [-0.2, -0.15) is 5.10 Å². The number of benzene rings is 1. The van der Waals surface area contributed by atoms with Crippen LogP contribution in [0, 0.1) is 0 Å². The quantitative estimate of drug-likeness (QED) is 0.434. The summed E-state index contributed by atoms with van der Waals surface area (Å²) in [5, 5.41) is 6.17. The molecule has 2 aliphatic rings. The Balaban J connectivity index is 1.50. The van der Waals surface area contributed by atoms with E-state index in [0.29, 0.717) is 17.7 Å². The molecule has 2 fully saturated rings. The normalized spacial score (nSPS) is 24.9. The number of nitrogens with one attached hydrogen (secondary N) is 1. The van der Waals surface area contributed by atoms with Crippen molar-refractivity contribution in [1.82, 2.24) is 14.2 Å². The number of nitrogens with zero attached hydrogens (tertiary/aromatic N) is 3. The number of aromatic nitrogens is 2. The fourth-order valence-corrected chi connectivity index (χ4v) is 6.15. The number of halogens is 7. The van der Waals surface area contributed by atoms with Crippen LogP contribution in [0.5, 0.6) is 5.75 Å². The van der Waals surface area contributed by atoms with Gasteiger partial charge in [0.25, 0.3) is 15.6 Å². The summed E-state index contributed by atoms with van der Waals surface area (Å²) < 4.78 is 104. The number of ether oxygens (including phenoxy) is 2. The van der Waals surface area contributed by atoms with Gasteiger partial charge in [0.2, 0.25) is 6.36 Å². The lowest BCUT2D eigenvalue weighted by molar-refractivity contribution is -0.275. The molecule has 0 bridgehead atoms. The summed E-state index contributed by atoms with van der Waals surface area (Å²) in [6.45, 7) is -0.448. The molecule has 2 aromatic rings. The van der Waals surface area contributed by atoms with Crippen molar-refractivity contribution in [3.05, 3.63) is 44.2 Å². The largest absolute Gasteiger partial charge is 0.573 e. The summed E-state index contributed by atoms with van der Waals surface area (Å²) in [5.41, 5.74) is -2.62. The Hall–Kier alpha value is -2.05. The third-order valence-electron chi connectivity index (χ3n) is 5.93. The molecule has 3 atom stereocenters. The SMILES string of the molecule is O=c1c(Cl)c(NC[C@]2(F)CCCOC2)cnn1[C@@H]1CCN(S(=O)(=O)c2cc(Br)ccc2OC(F)(F)F)O[C@H]1F. The van der Waals surface area contributed by atoms with Crippen molar-refractivity contribution in [3.63, 3.8) is 0 Å². The number of hydrogen-bond acceptors (Lipinski definition) is 8. The second kappa shape index (κ2) is 11.4. The van der Waals surface area contributed by atoms with Gasteiger partial charge < -0.3 is 14.8 Å². The number of anilines is 1. The number of sulfonamides is 1. The van der Waals surface area contributed by atoms with Gasteiger partial charge in [0, 0.05) is 17.6 Å². The molecular weight excluding hydrogens is 647 g/mol. The van der Waals surface area contributed by atoms with E-state index in [-0.39, 0.29) is 40.6 Å². The minimum Gasteiger partial charge on any atom is -0.404 e. The zero-order valence-electron chi connectivity index (χ0n) is 19.8. The van der Waals surface area contributed by atoms with Crippen molar-refractivity contribution in [1.29, 1.82) is 0 Å². The number of hydroxylamine groups is 1. The van der Waals surface area contributed by atoms with Crippen molar-refractivity contribution in [2.75, 3.05) is 31.6 Å². The van der Waals surface area contributed by atoms with Crippen molar-refractivity contribution in [2.45, 2.75) is 48.6 Å². The fraction of sp³-hybridized carbons (Fsp3) is 0.524. The van der Waals surface area contributed by atoms with E-state index in [0.717, 1.165) is 24.4 Å². The Bertz CT molecular complexity index is 1380. The monoisotopic (exact) mass is 666 g/mol. The Morgan fingerprint density at radius 3 is 2.72 bits per heavy atom. The zero-order valence-corrected chi connectivity index (χ0v) is 22.9. The topological polar surface area (TPSA) is 112 Å².